The second-order valence-electron chi connectivity index (χ2n) is 5.92. The topological polar surface area (TPSA) is 27.7 Å². The van der Waals surface area contributed by atoms with Crippen molar-refractivity contribution >= 4 is 22.1 Å². The number of hydrogen-bond acceptors (Lipinski definition) is 3. The summed E-state index contributed by atoms with van der Waals surface area (Å²) >= 11 is 3.63. The second-order valence-corrected chi connectivity index (χ2v) is 10.5. The standard InChI is InChI=1S/C18H24BrO3P/c1-14(2)13-20-23(19,21-17-11-7-5-9-15(17)3)22-18-12-8-6-10-16(18)4/h5-12,14,23H,13H2,1-4H3. The van der Waals surface area contributed by atoms with Crippen LogP contribution in [0.3, 0.4) is 0 Å². The third kappa shape index (κ3) is 5.49. The summed E-state index contributed by atoms with van der Waals surface area (Å²) in [6.45, 7) is 5.74. The summed E-state index contributed by atoms with van der Waals surface area (Å²) in [4.78, 5) is 0. The molecular formula is C18H24BrO3P. The molecule has 0 aliphatic carbocycles. The van der Waals surface area contributed by atoms with Gasteiger partial charge in [0.1, 0.15) is 0 Å². The second kappa shape index (κ2) is 8.14. The van der Waals surface area contributed by atoms with Crippen LogP contribution in [0, 0.1) is 19.8 Å². The van der Waals surface area contributed by atoms with Crippen LogP contribution in [-0.4, -0.2) is 6.61 Å². The van der Waals surface area contributed by atoms with Crippen molar-refractivity contribution in [2.75, 3.05) is 6.61 Å². The van der Waals surface area contributed by atoms with Gasteiger partial charge in [0.15, 0.2) is 0 Å². The molecule has 126 valence electrons. The van der Waals surface area contributed by atoms with E-state index >= 15 is 0 Å². The Labute approximate surface area is 147 Å². The van der Waals surface area contributed by atoms with E-state index in [-0.39, 0.29) is 0 Å². The summed E-state index contributed by atoms with van der Waals surface area (Å²) in [7, 11) is 0. The molecule has 0 unspecified atom stereocenters. The molecule has 0 aliphatic rings. The van der Waals surface area contributed by atoms with E-state index < -0.39 is 6.65 Å². The van der Waals surface area contributed by atoms with Gasteiger partial charge in [-0.1, -0.05) is 0 Å². The monoisotopic (exact) mass is 398 g/mol. The molecule has 3 nitrogen and oxygen atoms in total. The van der Waals surface area contributed by atoms with Crippen molar-refractivity contribution in [3.63, 3.8) is 0 Å². The van der Waals surface area contributed by atoms with Gasteiger partial charge in [-0.05, 0) is 0 Å². The fourth-order valence-corrected chi connectivity index (χ4v) is 5.07. The summed E-state index contributed by atoms with van der Waals surface area (Å²) in [5.74, 6) is 1.93. The fourth-order valence-electron chi connectivity index (χ4n) is 1.95. The molecule has 23 heavy (non-hydrogen) atoms. The quantitative estimate of drug-likeness (QED) is 0.516. The van der Waals surface area contributed by atoms with Gasteiger partial charge in [-0.2, -0.15) is 0 Å². The number of halogens is 1. The Morgan fingerprint density at radius 1 is 0.870 bits per heavy atom. The van der Waals surface area contributed by atoms with Gasteiger partial charge in [0, 0.05) is 0 Å². The molecule has 5 heteroatoms. The zero-order chi connectivity index (χ0) is 16.9. The normalized spacial score (nSPS) is 12.3. The van der Waals surface area contributed by atoms with Crippen molar-refractivity contribution in [1.29, 1.82) is 0 Å². The summed E-state index contributed by atoms with van der Waals surface area (Å²) < 4.78 is 18.3. The van der Waals surface area contributed by atoms with Crippen molar-refractivity contribution in [2.45, 2.75) is 27.7 Å². The van der Waals surface area contributed by atoms with Crippen molar-refractivity contribution in [3.8, 4) is 11.5 Å². The Morgan fingerprint density at radius 2 is 1.30 bits per heavy atom. The average molecular weight is 399 g/mol. The van der Waals surface area contributed by atoms with Crippen LogP contribution in [0.25, 0.3) is 0 Å². The molecule has 0 radical (unpaired) electrons. The molecule has 0 spiro atoms. The minimum atomic E-state index is -3.04. The van der Waals surface area contributed by atoms with E-state index in [0.29, 0.717) is 12.5 Å². The van der Waals surface area contributed by atoms with Crippen LogP contribution < -0.4 is 9.05 Å². The van der Waals surface area contributed by atoms with Gasteiger partial charge in [-0.15, -0.1) is 0 Å². The molecule has 0 amide bonds. The molecule has 0 heterocycles. The first-order valence-corrected chi connectivity index (χ1v) is 11.7. The van der Waals surface area contributed by atoms with Gasteiger partial charge < -0.3 is 0 Å². The summed E-state index contributed by atoms with van der Waals surface area (Å²) in [5.41, 5.74) is 2.09. The first-order valence-electron chi connectivity index (χ1n) is 7.72. The van der Waals surface area contributed by atoms with Crippen LogP contribution in [0.1, 0.15) is 25.0 Å². The zero-order valence-corrected chi connectivity index (χ0v) is 16.6. The van der Waals surface area contributed by atoms with E-state index in [1.807, 2.05) is 62.4 Å². The predicted molar refractivity (Wildman–Crippen MR) is 102 cm³/mol. The predicted octanol–water partition coefficient (Wildman–Crippen LogP) is 6.24. The minimum absolute atomic E-state index is 0.389. The van der Waals surface area contributed by atoms with Crippen LogP contribution in [0.15, 0.2) is 48.5 Å². The first-order chi connectivity index (χ1) is 10.9. The Kier molecular flexibility index (Phi) is 6.46. The number of aryl methyl sites for hydroxylation is 2. The van der Waals surface area contributed by atoms with Crippen molar-refractivity contribution < 1.29 is 13.6 Å². The third-order valence-electron chi connectivity index (χ3n) is 3.24. The van der Waals surface area contributed by atoms with Crippen molar-refractivity contribution in [1.82, 2.24) is 0 Å². The van der Waals surface area contributed by atoms with Gasteiger partial charge in [0.25, 0.3) is 0 Å². The van der Waals surface area contributed by atoms with E-state index in [0.717, 1.165) is 22.6 Å². The molecule has 2 aromatic carbocycles. The van der Waals surface area contributed by atoms with Crippen LogP contribution in [0.5, 0.6) is 11.5 Å². The molecule has 0 bridgehead atoms. The zero-order valence-electron chi connectivity index (χ0n) is 14.0. The van der Waals surface area contributed by atoms with Crippen molar-refractivity contribution in [2.24, 2.45) is 5.92 Å². The van der Waals surface area contributed by atoms with Crippen LogP contribution in [0.4, 0.5) is 0 Å². The molecule has 2 rings (SSSR count). The third-order valence-corrected chi connectivity index (χ3v) is 6.34. The molecule has 0 saturated carbocycles. The van der Waals surface area contributed by atoms with E-state index in [9.17, 15) is 0 Å². The molecule has 0 N–H and O–H groups in total. The summed E-state index contributed by atoms with van der Waals surface area (Å²) in [5, 5.41) is 0. The molecule has 0 atom stereocenters. The van der Waals surface area contributed by atoms with E-state index in [2.05, 4.69) is 29.3 Å². The first kappa shape index (κ1) is 18.3. The Hall–Kier alpha value is -1.09. The Balaban J connectivity index is 2.24. The summed E-state index contributed by atoms with van der Waals surface area (Å²) in [6, 6.07) is 15.7. The molecule has 0 fully saturated rings. The van der Waals surface area contributed by atoms with E-state index in [1.54, 1.807) is 0 Å². The molecule has 0 aliphatic heterocycles. The van der Waals surface area contributed by atoms with Gasteiger partial charge in [-0.25, -0.2) is 0 Å². The number of benzene rings is 2. The summed E-state index contributed by atoms with van der Waals surface area (Å²) in [6.07, 6.45) is 0. The fraction of sp³-hybridized carbons (Fsp3) is 0.333. The number of rotatable bonds is 7. The van der Waals surface area contributed by atoms with Gasteiger partial charge in [0.2, 0.25) is 0 Å². The van der Waals surface area contributed by atoms with Gasteiger partial charge >= 0.3 is 147 Å². The molecular weight excluding hydrogens is 375 g/mol. The maximum absolute atomic E-state index is 6.15. The van der Waals surface area contributed by atoms with E-state index in [4.69, 9.17) is 13.6 Å². The number of para-hydroxylation sites is 2. The number of hydrogen-bond donors (Lipinski definition) is 0. The van der Waals surface area contributed by atoms with Crippen molar-refractivity contribution in [3.05, 3.63) is 59.7 Å². The molecule has 2 aromatic rings. The van der Waals surface area contributed by atoms with Crippen LogP contribution in [0.2, 0.25) is 0 Å². The van der Waals surface area contributed by atoms with E-state index in [1.165, 1.54) is 0 Å². The van der Waals surface area contributed by atoms with Crippen LogP contribution in [-0.2, 0) is 4.52 Å². The maximum atomic E-state index is 6.15. The molecule has 0 aromatic heterocycles. The van der Waals surface area contributed by atoms with Gasteiger partial charge in [-0.3, -0.25) is 0 Å². The average Bonchev–Trinajstić information content (AvgIpc) is 2.50. The molecule has 0 saturated heterocycles. The Morgan fingerprint density at radius 3 is 1.70 bits per heavy atom. The SMILES string of the molecule is Cc1ccccc1O[PH](Br)(OCC(C)C)Oc1ccccc1C. The van der Waals surface area contributed by atoms with Crippen LogP contribution >= 0.6 is 22.1 Å². The van der Waals surface area contributed by atoms with Gasteiger partial charge in [0.05, 0.1) is 0 Å². The Bertz CT molecular complexity index is 598.